The molecule has 3 N–H and O–H groups in total. The highest BCUT2D eigenvalue weighted by molar-refractivity contribution is 7.89. The normalized spacial score (nSPS) is 12.0. The number of hydrogen-bond donors (Lipinski definition) is 2. The van der Waals surface area contributed by atoms with Crippen LogP contribution in [-0.2, 0) is 17.1 Å². The van der Waals surface area contributed by atoms with Gasteiger partial charge in [-0.25, -0.2) is 13.4 Å². The van der Waals surface area contributed by atoms with Crippen molar-refractivity contribution in [3.8, 4) is 0 Å². The van der Waals surface area contributed by atoms with Crippen molar-refractivity contribution >= 4 is 15.9 Å². The van der Waals surface area contributed by atoms with Crippen molar-refractivity contribution in [2.24, 2.45) is 12.8 Å². The Labute approximate surface area is 101 Å². The fourth-order valence-electron chi connectivity index (χ4n) is 1.21. The molecular weight excluding hydrogens is 242 g/mol. The first-order valence-corrected chi connectivity index (χ1v) is 6.48. The van der Waals surface area contributed by atoms with E-state index >= 15 is 0 Å². The number of rotatable bonds is 5. The van der Waals surface area contributed by atoms with Crippen LogP contribution in [0.15, 0.2) is 11.2 Å². The van der Waals surface area contributed by atoms with Crippen molar-refractivity contribution in [2.75, 3.05) is 13.6 Å². The second-order valence-corrected chi connectivity index (χ2v) is 5.83. The topological polar surface area (TPSA) is 105 Å². The van der Waals surface area contributed by atoms with Crippen LogP contribution in [0.4, 0.5) is 0 Å². The summed E-state index contributed by atoms with van der Waals surface area (Å²) in [5.74, 6) is 0.591. The minimum atomic E-state index is -3.59. The van der Waals surface area contributed by atoms with Crippen molar-refractivity contribution in [3.63, 3.8) is 0 Å². The van der Waals surface area contributed by atoms with Gasteiger partial charge in [0.1, 0.15) is 5.82 Å². The zero-order valence-electron chi connectivity index (χ0n) is 10.1. The molecule has 1 aromatic heterocycles. The van der Waals surface area contributed by atoms with Crippen molar-refractivity contribution < 1.29 is 8.42 Å². The van der Waals surface area contributed by atoms with Gasteiger partial charge in [0.05, 0.1) is 5.84 Å². The first-order valence-electron chi connectivity index (χ1n) is 5.04. The monoisotopic (exact) mass is 259 g/mol. The number of hydrogen-bond acceptors (Lipinski definition) is 4. The maximum Gasteiger partial charge on any atom is 0.261 e. The fraction of sp³-hybridized carbons (Fsp3) is 0.556. The molecule has 0 saturated heterocycles. The predicted octanol–water partition coefficient (Wildman–Crippen LogP) is -0.325. The molecule has 8 heteroatoms. The van der Waals surface area contributed by atoms with E-state index in [-0.39, 0.29) is 23.8 Å². The van der Waals surface area contributed by atoms with E-state index in [9.17, 15) is 8.42 Å². The van der Waals surface area contributed by atoms with Crippen LogP contribution in [0.3, 0.4) is 0 Å². The van der Waals surface area contributed by atoms with Gasteiger partial charge in [0.2, 0.25) is 0 Å². The summed E-state index contributed by atoms with van der Waals surface area (Å²) in [6.45, 7) is 1.90. The number of nitrogens with two attached hydrogens (primary N) is 1. The third-order valence-electron chi connectivity index (χ3n) is 2.46. The number of sulfonamides is 1. The lowest BCUT2D eigenvalue weighted by atomic mass is 10.4. The molecule has 0 aliphatic heterocycles. The van der Waals surface area contributed by atoms with E-state index < -0.39 is 10.0 Å². The Morgan fingerprint density at radius 1 is 1.65 bits per heavy atom. The molecule has 7 nitrogen and oxygen atoms in total. The Hall–Kier alpha value is -1.41. The Kier molecular flexibility index (Phi) is 3.89. The highest BCUT2D eigenvalue weighted by Gasteiger charge is 2.23. The maximum atomic E-state index is 12.0. The third-order valence-corrected chi connectivity index (χ3v) is 4.19. The van der Waals surface area contributed by atoms with Gasteiger partial charge in [0.15, 0.2) is 5.03 Å². The number of imidazole rings is 1. The highest BCUT2D eigenvalue weighted by atomic mass is 32.2. The van der Waals surface area contributed by atoms with Gasteiger partial charge in [-0.1, -0.05) is 0 Å². The first kappa shape index (κ1) is 13.7. The van der Waals surface area contributed by atoms with Crippen LogP contribution in [0.25, 0.3) is 0 Å². The molecule has 17 heavy (non-hydrogen) atoms. The first-order chi connectivity index (χ1) is 7.75. The lowest BCUT2D eigenvalue weighted by Gasteiger charge is -2.14. The SMILES string of the molecule is Cc1nc(S(=O)(=O)N(C)CCC(=N)N)cn1C. The zero-order valence-corrected chi connectivity index (χ0v) is 11.0. The molecule has 0 amide bonds. The summed E-state index contributed by atoms with van der Waals surface area (Å²) in [5.41, 5.74) is 5.19. The summed E-state index contributed by atoms with van der Waals surface area (Å²) in [7, 11) is -0.407. The van der Waals surface area contributed by atoms with Crippen molar-refractivity contribution in [3.05, 3.63) is 12.0 Å². The Bertz CT molecular complexity index is 500. The maximum absolute atomic E-state index is 12.0. The molecule has 0 radical (unpaired) electrons. The number of nitrogens with zero attached hydrogens (tertiary/aromatic N) is 3. The van der Waals surface area contributed by atoms with Gasteiger partial charge in [0.25, 0.3) is 10.0 Å². The van der Waals surface area contributed by atoms with E-state index in [2.05, 4.69) is 4.98 Å². The quantitative estimate of drug-likeness (QED) is 0.558. The van der Waals surface area contributed by atoms with E-state index in [1.54, 1.807) is 18.5 Å². The molecule has 1 rings (SSSR count). The van der Waals surface area contributed by atoms with Gasteiger partial charge in [-0.2, -0.15) is 4.31 Å². The molecule has 0 atom stereocenters. The molecule has 0 aliphatic carbocycles. The van der Waals surface area contributed by atoms with Gasteiger partial charge in [0, 0.05) is 33.3 Å². The van der Waals surface area contributed by atoms with E-state index in [0.717, 1.165) is 4.31 Å². The second kappa shape index (κ2) is 4.84. The van der Waals surface area contributed by atoms with Gasteiger partial charge in [-0.3, -0.25) is 5.41 Å². The second-order valence-electron chi connectivity index (χ2n) is 3.84. The summed E-state index contributed by atoms with van der Waals surface area (Å²) < 4.78 is 26.9. The number of nitrogens with one attached hydrogen (secondary N) is 1. The summed E-state index contributed by atoms with van der Waals surface area (Å²) in [6.07, 6.45) is 1.68. The summed E-state index contributed by atoms with van der Waals surface area (Å²) >= 11 is 0. The van der Waals surface area contributed by atoms with Crippen LogP contribution in [0.2, 0.25) is 0 Å². The zero-order chi connectivity index (χ0) is 13.2. The fourth-order valence-corrected chi connectivity index (χ4v) is 2.40. The summed E-state index contributed by atoms with van der Waals surface area (Å²) in [6, 6.07) is 0. The van der Waals surface area contributed by atoms with Crippen molar-refractivity contribution in [1.29, 1.82) is 5.41 Å². The smallest absolute Gasteiger partial charge is 0.261 e. The van der Waals surface area contributed by atoms with Crippen LogP contribution >= 0.6 is 0 Å². The molecule has 0 spiro atoms. The molecule has 0 bridgehead atoms. The third kappa shape index (κ3) is 3.04. The lowest BCUT2D eigenvalue weighted by Crippen LogP contribution is -2.30. The number of aromatic nitrogens is 2. The van der Waals surface area contributed by atoms with Crippen molar-refractivity contribution in [2.45, 2.75) is 18.4 Å². The molecule has 0 unspecified atom stereocenters. The Balaban J connectivity index is 2.91. The minimum Gasteiger partial charge on any atom is -0.388 e. The molecule has 1 aromatic rings. The van der Waals surface area contributed by atoms with E-state index in [1.165, 1.54) is 13.2 Å². The number of amidine groups is 1. The largest absolute Gasteiger partial charge is 0.388 e. The van der Waals surface area contributed by atoms with Gasteiger partial charge < -0.3 is 10.3 Å². The van der Waals surface area contributed by atoms with Gasteiger partial charge in [-0.15, -0.1) is 0 Å². The van der Waals surface area contributed by atoms with Crippen molar-refractivity contribution in [1.82, 2.24) is 13.9 Å². The molecular formula is C9H17N5O2S. The van der Waals surface area contributed by atoms with Crippen LogP contribution in [0.1, 0.15) is 12.2 Å². The minimum absolute atomic E-state index is 0.0172. The molecule has 0 aromatic carbocycles. The Morgan fingerprint density at radius 2 is 2.24 bits per heavy atom. The summed E-state index contributed by atoms with van der Waals surface area (Å²) in [4.78, 5) is 3.98. The molecule has 96 valence electrons. The molecule has 0 saturated carbocycles. The highest BCUT2D eigenvalue weighted by Crippen LogP contribution is 2.13. The van der Waals surface area contributed by atoms with Crippen LogP contribution < -0.4 is 5.73 Å². The van der Waals surface area contributed by atoms with Crippen LogP contribution in [-0.4, -0.2) is 41.7 Å². The molecule has 1 heterocycles. The Morgan fingerprint density at radius 3 is 2.65 bits per heavy atom. The summed E-state index contributed by atoms with van der Waals surface area (Å²) in [5, 5.41) is 7.09. The average Bonchev–Trinajstić information content (AvgIpc) is 2.56. The predicted molar refractivity (Wildman–Crippen MR) is 64.3 cm³/mol. The van der Waals surface area contributed by atoms with Crippen LogP contribution in [0, 0.1) is 12.3 Å². The van der Waals surface area contributed by atoms with Crippen LogP contribution in [0.5, 0.6) is 0 Å². The van der Waals surface area contributed by atoms with E-state index in [1.807, 2.05) is 0 Å². The van der Waals surface area contributed by atoms with E-state index in [4.69, 9.17) is 11.1 Å². The van der Waals surface area contributed by atoms with E-state index in [0.29, 0.717) is 5.82 Å². The number of aryl methyl sites for hydroxylation is 2. The average molecular weight is 259 g/mol. The molecule has 0 fully saturated rings. The molecule has 0 aliphatic rings. The standard InChI is InChI=1S/C9H17N5O2S/c1-7-12-9(6-13(7)2)17(15,16)14(3)5-4-8(10)11/h6H,4-5H2,1-3H3,(H3,10,11). The lowest BCUT2D eigenvalue weighted by molar-refractivity contribution is 0.475. The van der Waals surface area contributed by atoms with Gasteiger partial charge in [-0.05, 0) is 6.92 Å². The van der Waals surface area contributed by atoms with Gasteiger partial charge >= 0.3 is 0 Å².